The molecule has 0 saturated carbocycles. The zero-order valence-corrected chi connectivity index (χ0v) is 16.0. The van der Waals surface area contributed by atoms with Crippen LogP contribution in [0.4, 0.5) is 25.1 Å². The van der Waals surface area contributed by atoms with E-state index in [2.05, 4.69) is 20.3 Å². The largest absolute Gasteiger partial charge is 0.416 e. The number of aromatic nitrogens is 3. The molecule has 0 bridgehead atoms. The number of carbonyl (C=O) groups excluding carboxylic acids is 1. The molecule has 0 aliphatic carbocycles. The van der Waals surface area contributed by atoms with E-state index in [9.17, 15) is 18.0 Å². The third-order valence-electron chi connectivity index (χ3n) is 4.23. The number of carbonyl (C=O) groups is 1. The Bertz CT molecular complexity index is 852. The maximum Gasteiger partial charge on any atom is 0.416 e. The minimum Gasteiger partial charge on any atom is -0.378 e. The van der Waals surface area contributed by atoms with Crippen molar-refractivity contribution in [1.82, 2.24) is 20.3 Å². The number of amides is 1. The quantitative estimate of drug-likeness (QED) is 0.804. The molecule has 1 fully saturated rings. The van der Waals surface area contributed by atoms with Crippen LogP contribution in [0.3, 0.4) is 0 Å². The van der Waals surface area contributed by atoms with Gasteiger partial charge in [0.2, 0.25) is 11.9 Å². The van der Waals surface area contributed by atoms with Crippen molar-refractivity contribution < 1.29 is 22.7 Å². The molecular weight excluding hydrogens is 389 g/mol. The molecule has 1 amide bonds. The first-order valence-electron chi connectivity index (χ1n) is 8.94. The van der Waals surface area contributed by atoms with Gasteiger partial charge in [-0.3, -0.25) is 4.79 Å². The van der Waals surface area contributed by atoms with Crippen LogP contribution in [0.5, 0.6) is 0 Å². The van der Waals surface area contributed by atoms with Crippen molar-refractivity contribution in [2.75, 3.05) is 50.2 Å². The summed E-state index contributed by atoms with van der Waals surface area (Å²) in [5.41, 5.74) is -0.689. The molecule has 0 radical (unpaired) electrons. The van der Waals surface area contributed by atoms with Gasteiger partial charge in [0.25, 0.3) is 5.91 Å². The van der Waals surface area contributed by atoms with Crippen LogP contribution in [0.2, 0.25) is 0 Å². The molecule has 1 aromatic carbocycles. The van der Waals surface area contributed by atoms with E-state index in [0.717, 1.165) is 24.3 Å². The van der Waals surface area contributed by atoms with E-state index < -0.39 is 17.6 Å². The summed E-state index contributed by atoms with van der Waals surface area (Å²) in [6.07, 6.45) is -4.45. The van der Waals surface area contributed by atoms with Crippen LogP contribution in [0.25, 0.3) is 0 Å². The fraction of sp³-hybridized carbons (Fsp3) is 0.444. The van der Waals surface area contributed by atoms with Gasteiger partial charge < -0.3 is 19.9 Å². The Kier molecular flexibility index (Phi) is 6.16. The average molecular weight is 410 g/mol. The summed E-state index contributed by atoms with van der Waals surface area (Å²) in [5, 5.41) is 2.64. The third kappa shape index (κ3) is 5.31. The highest BCUT2D eigenvalue weighted by molar-refractivity contribution is 5.94. The van der Waals surface area contributed by atoms with E-state index in [-0.39, 0.29) is 12.1 Å². The topological polar surface area (TPSA) is 83.5 Å². The lowest BCUT2D eigenvalue weighted by Crippen LogP contribution is -2.38. The number of nitrogens with one attached hydrogen (secondary N) is 1. The van der Waals surface area contributed by atoms with Crippen molar-refractivity contribution in [3.05, 3.63) is 41.2 Å². The Labute approximate surface area is 165 Å². The fourth-order valence-electron chi connectivity index (χ4n) is 2.65. The molecule has 8 nitrogen and oxygen atoms in total. The minimum atomic E-state index is -4.45. The van der Waals surface area contributed by atoms with Crippen molar-refractivity contribution in [3.63, 3.8) is 0 Å². The summed E-state index contributed by atoms with van der Waals surface area (Å²) < 4.78 is 43.3. The summed E-state index contributed by atoms with van der Waals surface area (Å²) >= 11 is 0. The molecule has 1 aliphatic heterocycles. The maximum absolute atomic E-state index is 12.6. The Balaban J connectivity index is 1.72. The van der Waals surface area contributed by atoms with Crippen LogP contribution in [0.1, 0.15) is 21.7 Å². The second kappa shape index (κ2) is 8.60. The lowest BCUT2D eigenvalue weighted by molar-refractivity contribution is -0.137. The number of hydrogen-bond donors (Lipinski definition) is 1. The van der Waals surface area contributed by atoms with Gasteiger partial charge in [0.15, 0.2) is 5.82 Å². The second-order valence-corrected chi connectivity index (χ2v) is 6.60. The molecule has 1 saturated heterocycles. The molecule has 29 heavy (non-hydrogen) atoms. The van der Waals surface area contributed by atoms with E-state index in [1.54, 1.807) is 19.0 Å². The normalized spacial score (nSPS) is 14.6. The van der Waals surface area contributed by atoms with Crippen molar-refractivity contribution in [2.24, 2.45) is 0 Å². The molecule has 1 aromatic heterocycles. The van der Waals surface area contributed by atoms with Gasteiger partial charge >= 0.3 is 6.18 Å². The number of morpholine rings is 1. The van der Waals surface area contributed by atoms with Gasteiger partial charge in [-0.05, 0) is 24.3 Å². The van der Waals surface area contributed by atoms with Crippen LogP contribution in [-0.4, -0.2) is 61.3 Å². The summed E-state index contributed by atoms with van der Waals surface area (Å²) in [7, 11) is 3.59. The van der Waals surface area contributed by atoms with Crippen LogP contribution in [0, 0.1) is 0 Å². The van der Waals surface area contributed by atoms with E-state index in [0.29, 0.717) is 44.0 Å². The van der Waals surface area contributed by atoms with E-state index in [4.69, 9.17) is 4.74 Å². The third-order valence-corrected chi connectivity index (χ3v) is 4.23. The van der Waals surface area contributed by atoms with E-state index in [1.807, 2.05) is 4.90 Å². The van der Waals surface area contributed by atoms with Gasteiger partial charge in [-0.25, -0.2) is 0 Å². The highest BCUT2D eigenvalue weighted by Crippen LogP contribution is 2.29. The average Bonchev–Trinajstić information content (AvgIpc) is 2.72. The summed E-state index contributed by atoms with van der Waals surface area (Å²) in [6, 6.07) is 4.02. The number of hydrogen-bond acceptors (Lipinski definition) is 7. The van der Waals surface area contributed by atoms with E-state index >= 15 is 0 Å². The predicted molar refractivity (Wildman–Crippen MR) is 99.8 cm³/mol. The van der Waals surface area contributed by atoms with Gasteiger partial charge in [-0.2, -0.15) is 28.1 Å². The Morgan fingerprint density at radius 3 is 2.38 bits per heavy atom. The number of halogens is 3. The molecule has 2 aromatic rings. The van der Waals surface area contributed by atoms with Crippen LogP contribution in [0.15, 0.2) is 24.3 Å². The molecule has 3 rings (SSSR count). The minimum absolute atomic E-state index is 0.0144. The second-order valence-electron chi connectivity index (χ2n) is 6.60. The van der Waals surface area contributed by atoms with Gasteiger partial charge in [0.05, 0.1) is 25.3 Å². The summed E-state index contributed by atoms with van der Waals surface area (Å²) in [6.45, 7) is 2.45. The van der Waals surface area contributed by atoms with Crippen molar-refractivity contribution in [1.29, 1.82) is 0 Å². The molecule has 0 atom stereocenters. The predicted octanol–water partition coefficient (Wildman–Crippen LogP) is 1.72. The summed E-state index contributed by atoms with van der Waals surface area (Å²) in [4.78, 5) is 29.1. The lowest BCUT2D eigenvalue weighted by Gasteiger charge is -2.27. The first-order valence-corrected chi connectivity index (χ1v) is 8.94. The number of nitrogens with zero attached hydrogens (tertiary/aromatic N) is 5. The highest BCUT2D eigenvalue weighted by atomic mass is 19.4. The molecule has 1 N–H and O–H groups in total. The monoisotopic (exact) mass is 410 g/mol. The number of ether oxygens (including phenoxy) is 1. The number of benzene rings is 1. The fourth-order valence-corrected chi connectivity index (χ4v) is 2.65. The van der Waals surface area contributed by atoms with Crippen LogP contribution < -0.4 is 15.1 Å². The first-order chi connectivity index (χ1) is 13.7. The molecule has 0 unspecified atom stereocenters. The van der Waals surface area contributed by atoms with Gasteiger partial charge in [-0.15, -0.1) is 0 Å². The molecule has 0 spiro atoms. The lowest BCUT2D eigenvalue weighted by atomic mass is 10.1. The van der Waals surface area contributed by atoms with Crippen LogP contribution >= 0.6 is 0 Å². The zero-order valence-electron chi connectivity index (χ0n) is 16.0. The van der Waals surface area contributed by atoms with Gasteiger partial charge in [0.1, 0.15) is 0 Å². The number of anilines is 2. The Hall–Kier alpha value is -2.95. The van der Waals surface area contributed by atoms with Crippen molar-refractivity contribution in [3.8, 4) is 0 Å². The first kappa shape index (κ1) is 20.8. The zero-order chi connectivity index (χ0) is 21.0. The standard InChI is InChI=1S/C18H21F3N6O2/c1-26(2)16-23-14(24-17(25-16)27-7-9-29-10-8-27)11-22-15(28)12-3-5-13(6-4-12)18(19,20)21/h3-6H,7-11H2,1-2H3,(H,22,28). The molecule has 156 valence electrons. The van der Waals surface area contributed by atoms with Crippen molar-refractivity contribution >= 4 is 17.8 Å². The molecule has 11 heteroatoms. The number of rotatable bonds is 5. The van der Waals surface area contributed by atoms with Crippen molar-refractivity contribution in [2.45, 2.75) is 12.7 Å². The Morgan fingerprint density at radius 2 is 1.79 bits per heavy atom. The summed E-state index contributed by atoms with van der Waals surface area (Å²) in [5.74, 6) is 0.773. The molecule has 1 aliphatic rings. The SMILES string of the molecule is CN(C)c1nc(CNC(=O)c2ccc(C(F)(F)F)cc2)nc(N2CCOCC2)n1. The van der Waals surface area contributed by atoms with Gasteiger partial charge in [0, 0.05) is 32.7 Å². The van der Waals surface area contributed by atoms with E-state index in [1.165, 1.54) is 0 Å². The maximum atomic E-state index is 12.6. The molecule has 2 heterocycles. The smallest absolute Gasteiger partial charge is 0.378 e. The highest BCUT2D eigenvalue weighted by Gasteiger charge is 2.30. The number of alkyl halides is 3. The van der Waals surface area contributed by atoms with Crippen LogP contribution in [-0.2, 0) is 17.5 Å². The molecular formula is C18H21F3N6O2. The van der Waals surface area contributed by atoms with Gasteiger partial charge in [-0.1, -0.05) is 0 Å². The Morgan fingerprint density at radius 1 is 1.14 bits per heavy atom.